The van der Waals surface area contributed by atoms with Crippen molar-refractivity contribution < 1.29 is 50.7 Å². The van der Waals surface area contributed by atoms with Crippen molar-refractivity contribution in [2.24, 2.45) is 0 Å². The summed E-state index contributed by atoms with van der Waals surface area (Å²) in [6, 6.07) is 59.0. The van der Waals surface area contributed by atoms with Crippen LogP contribution in [0.1, 0.15) is 164 Å². The van der Waals surface area contributed by atoms with Crippen molar-refractivity contribution >= 4 is 93.3 Å². The Morgan fingerprint density at radius 1 is 0.457 bits per heavy atom. The van der Waals surface area contributed by atoms with E-state index in [0.29, 0.717) is 0 Å². The van der Waals surface area contributed by atoms with Crippen LogP contribution in [0.25, 0.3) is 0 Å². The zero-order chi connectivity index (χ0) is 64.0. The van der Waals surface area contributed by atoms with E-state index in [1.54, 1.807) is 96.3 Å². The predicted octanol–water partition coefficient (Wildman–Crippen LogP) is 20.1. The Hall–Kier alpha value is -1.84. The molecule has 16 heteroatoms. The summed E-state index contributed by atoms with van der Waals surface area (Å²) >= 11 is -3.54. The molecule has 6 aromatic carbocycles. The van der Waals surface area contributed by atoms with E-state index in [-0.39, 0.29) is 35.0 Å². The number of nitrogens with zero attached hydrogens (tertiary/aromatic N) is 2. The van der Waals surface area contributed by atoms with Crippen LogP contribution in [0.15, 0.2) is 170 Å². The van der Waals surface area contributed by atoms with Gasteiger partial charge in [0.25, 0.3) is 0 Å². The molecule has 3 aliphatic carbocycles. The van der Waals surface area contributed by atoms with E-state index >= 15 is 0 Å². The van der Waals surface area contributed by atoms with E-state index in [9.17, 15) is 0 Å². The van der Waals surface area contributed by atoms with Crippen LogP contribution in [0.5, 0.6) is 11.5 Å². The maximum Gasteiger partial charge on any atom is 0.135 e. The summed E-state index contributed by atoms with van der Waals surface area (Å²) in [5, 5.41) is 5.76. The largest absolute Gasteiger partial charge is 0.382 e. The monoisotopic (exact) mass is 1570 g/mol. The zero-order valence-corrected chi connectivity index (χ0v) is 63.9. The fourth-order valence-corrected chi connectivity index (χ4v) is 26.4. The smallest absolute Gasteiger partial charge is 0.135 e. The van der Waals surface area contributed by atoms with Gasteiger partial charge in [-0.1, -0.05) is 131 Å². The molecule has 0 N–H and O–H groups in total. The van der Waals surface area contributed by atoms with E-state index in [2.05, 4.69) is 131 Å². The van der Waals surface area contributed by atoms with Gasteiger partial charge in [-0.3, -0.25) is 4.67 Å². The second kappa shape index (κ2) is 49.6. The molecule has 0 amide bonds. The molecule has 2 heterocycles. The summed E-state index contributed by atoms with van der Waals surface area (Å²) in [6.07, 6.45) is 24.1. The van der Waals surface area contributed by atoms with E-state index < -0.39 is 43.2 Å². The SMILES string of the molecule is C.C.C1CCC([PH+](C2CCCCC2)C2CCCCC2)CC1.CC(C)Oc1ccccc1[CH]=[Ru]([Cl])[Cl].CC(C)Oc1ccccc1[CH]=[Ru]([Cl])[Cl].CCOCC.c1ccc(P(c2ccccc2)N2CCOCC2)cc1.c1ccc([PH+](c2ccccc2)N2CCOCC2)cc1. The Morgan fingerprint density at radius 2 is 0.772 bits per heavy atom. The molecule has 0 unspecified atom stereocenters. The number of rotatable bonds is 17. The Bertz CT molecular complexity index is 2570. The summed E-state index contributed by atoms with van der Waals surface area (Å²) in [6.45, 7) is 21.2. The summed E-state index contributed by atoms with van der Waals surface area (Å²) in [5.41, 5.74) is 5.66. The normalized spacial score (nSPS) is 16.8. The van der Waals surface area contributed by atoms with Crippen LogP contribution in [0, 0.1) is 0 Å². The summed E-state index contributed by atoms with van der Waals surface area (Å²) in [7, 11) is 22.0. The van der Waals surface area contributed by atoms with Crippen LogP contribution in [0.4, 0.5) is 0 Å². The molecule has 0 radical (unpaired) electrons. The molecule has 0 bridgehead atoms. The molecule has 6 aromatic rings. The van der Waals surface area contributed by atoms with Crippen LogP contribution in [-0.4, -0.2) is 114 Å². The number of ether oxygens (including phenoxy) is 5. The van der Waals surface area contributed by atoms with Gasteiger partial charge in [0.15, 0.2) is 0 Å². The van der Waals surface area contributed by atoms with E-state index in [4.69, 9.17) is 62.4 Å². The number of morpholine rings is 2. The third-order valence-electron chi connectivity index (χ3n) is 16.3. The summed E-state index contributed by atoms with van der Waals surface area (Å²) in [5.74, 6) is 1.70. The molecule has 2 aliphatic heterocycles. The van der Waals surface area contributed by atoms with Crippen molar-refractivity contribution in [3.05, 3.63) is 181 Å². The van der Waals surface area contributed by atoms with Crippen LogP contribution in [-0.2, 0) is 41.2 Å². The van der Waals surface area contributed by atoms with Crippen LogP contribution < -0.4 is 30.7 Å². The first-order valence-electron chi connectivity index (χ1n) is 33.1. The van der Waals surface area contributed by atoms with Crippen molar-refractivity contribution in [3.8, 4) is 11.5 Å². The first kappa shape index (κ1) is 82.6. The standard InChI is InChI=1S/C18H33P.2C16H18NOP.2C10H12O.C4H10O.2CH4.4ClH.2Ru/c1-4-10-16(11-5-1)19(17-12-6-2-7-13-17)18-14-8-3-9-15-18;2*1-3-7-15(8-4-1)19(16-9-5-2-6-10-16)17-11-13-18-14-12-17;2*1-8(2)11-10-7-5-4-6-9(10)3;1-3-5-4-2;;;;;;;;/h16-18H,1-15H2;2*1-10H,11-14H2;2*3-8H,1-2H3;3-4H2,1-2H3;2*1H4;4*1H;;/q;;;;;;;;;;;;2*+2/p-2. The first-order chi connectivity index (χ1) is 43.9. The van der Waals surface area contributed by atoms with Gasteiger partial charge in [-0.25, -0.2) is 0 Å². The topological polar surface area (TPSA) is 52.6 Å². The average molecular weight is 1570 g/mol. The van der Waals surface area contributed by atoms with Crippen molar-refractivity contribution in [1.82, 2.24) is 9.34 Å². The molecule has 0 spiro atoms. The van der Waals surface area contributed by atoms with Gasteiger partial charge in [-0.05, 0) is 126 Å². The van der Waals surface area contributed by atoms with Gasteiger partial charge < -0.3 is 14.2 Å². The second-order valence-electron chi connectivity index (χ2n) is 23.5. The third kappa shape index (κ3) is 31.3. The van der Waals surface area contributed by atoms with Gasteiger partial charge in [-0.2, -0.15) is 4.67 Å². The molecule has 0 aromatic heterocycles. The molecule has 0 atom stereocenters. The number of benzene rings is 6. The zero-order valence-electron chi connectivity index (χ0n) is 54.5. The quantitative estimate of drug-likeness (QED) is 0.0666. The minimum atomic E-state index is -1.77. The molecule has 5 fully saturated rings. The fourth-order valence-electron chi connectivity index (χ4n) is 12.4. The van der Waals surface area contributed by atoms with Crippen LogP contribution >= 0.6 is 62.8 Å². The van der Waals surface area contributed by atoms with Crippen LogP contribution in [0.3, 0.4) is 0 Å². The molecule has 5 aliphatic rings. The Labute approximate surface area is 588 Å². The molecule has 7 nitrogen and oxygen atoms in total. The van der Waals surface area contributed by atoms with Crippen molar-refractivity contribution in [1.29, 1.82) is 0 Å². The van der Waals surface area contributed by atoms with E-state index in [1.807, 2.05) is 99.3 Å². The van der Waals surface area contributed by atoms with Crippen molar-refractivity contribution in [2.45, 2.75) is 182 Å². The van der Waals surface area contributed by atoms with Gasteiger partial charge in [0.1, 0.15) is 18.7 Å². The van der Waals surface area contributed by atoms with E-state index in [1.165, 1.54) is 38.2 Å². The van der Waals surface area contributed by atoms with Gasteiger partial charge in [-0.15, -0.1) is 0 Å². The minimum absolute atomic E-state index is 0. The maximum atomic E-state index is 5.82. The maximum absolute atomic E-state index is 5.82. The van der Waals surface area contributed by atoms with Crippen molar-refractivity contribution in [3.63, 3.8) is 0 Å². The predicted molar refractivity (Wildman–Crippen MR) is 407 cm³/mol. The summed E-state index contributed by atoms with van der Waals surface area (Å²) < 4.78 is 36.0. The van der Waals surface area contributed by atoms with Gasteiger partial charge >= 0.3 is 196 Å². The first-order valence-corrected chi connectivity index (χ1v) is 48.5. The molecule has 2 saturated heterocycles. The van der Waals surface area contributed by atoms with Gasteiger partial charge in [0.2, 0.25) is 0 Å². The number of hydrogen-bond donors (Lipinski definition) is 0. The summed E-state index contributed by atoms with van der Waals surface area (Å²) in [4.78, 5) is 0. The Balaban J connectivity index is 0.000000241. The van der Waals surface area contributed by atoms with E-state index in [0.717, 1.165) is 88.4 Å². The Kier molecular flexibility index (Phi) is 44.5. The molecule has 92 heavy (non-hydrogen) atoms. The third-order valence-corrected chi connectivity index (χ3v) is 29.9. The molecular formula is C76H113Cl4N2O5P3Ru2+2. The number of hydrogen-bond acceptors (Lipinski definition) is 7. The fraction of sp³-hybridized carbons (Fsp3) is 0.500. The second-order valence-corrected chi connectivity index (χ2v) is 43.1. The Morgan fingerprint density at radius 3 is 1.09 bits per heavy atom. The van der Waals surface area contributed by atoms with Gasteiger partial charge in [0.05, 0.1) is 56.5 Å². The van der Waals surface area contributed by atoms with Crippen molar-refractivity contribution in [2.75, 3.05) is 65.8 Å². The molecule has 11 rings (SSSR count). The molecular weight excluding hydrogens is 1460 g/mol. The number of para-hydroxylation sites is 2. The molecule has 514 valence electrons. The average Bonchev–Trinajstić information content (AvgIpc) is 1.25. The van der Waals surface area contributed by atoms with Crippen LogP contribution in [0.2, 0.25) is 0 Å². The molecule has 3 saturated carbocycles. The number of halogens is 4. The minimum Gasteiger partial charge on any atom is -0.382 e. The van der Waals surface area contributed by atoms with Gasteiger partial charge in [0, 0.05) is 42.3 Å².